The summed E-state index contributed by atoms with van der Waals surface area (Å²) < 4.78 is 0. The van der Waals surface area contributed by atoms with Crippen molar-refractivity contribution < 1.29 is 14.7 Å². The van der Waals surface area contributed by atoms with Crippen LogP contribution in [-0.4, -0.2) is 35.0 Å². The summed E-state index contributed by atoms with van der Waals surface area (Å²) in [6.45, 7) is 2.75. The third kappa shape index (κ3) is 3.29. The number of carboxylic acid groups (broad SMARTS) is 1. The number of carboxylic acids is 1. The zero-order chi connectivity index (χ0) is 14.7. The van der Waals surface area contributed by atoms with Crippen molar-refractivity contribution in [2.75, 3.05) is 18.8 Å². The van der Waals surface area contributed by atoms with Crippen LogP contribution in [0, 0.1) is 11.8 Å². The Bertz CT molecular complexity index is 498. The van der Waals surface area contributed by atoms with Crippen LogP contribution >= 0.6 is 0 Å². The Labute approximate surface area is 118 Å². The number of amides is 1. The first kappa shape index (κ1) is 14.4. The van der Waals surface area contributed by atoms with Gasteiger partial charge in [0, 0.05) is 25.2 Å². The van der Waals surface area contributed by atoms with E-state index in [0.29, 0.717) is 31.6 Å². The summed E-state index contributed by atoms with van der Waals surface area (Å²) in [6.07, 6.45) is 1.06. The second-order valence-corrected chi connectivity index (χ2v) is 5.46. The van der Waals surface area contributed by atoms with Crippen LogP contribution in [0.15, 0.2) is 24.3 Å². The summed E-state index contributed by atoms with van der Waals surface area (Å²) in [5.41, 5.74) is 7.38. The minimum absolute atomic E-state index is 0.0213. The number of nitrogens with zero attached hydrogens (tertiary/aromatic N) is 1. The van der Waals surface area contributed by atoms with Crippen LogP contribution < -0.4 is 5.73 Å². The summed E-state index contributed by atoms with van der Waals surface area (Å²) in [7, 11) is 0. The summed E-state index contributed by atoms with van der Waals surface area (Å²) in [5, 5.41) is 9.07. The van der Waals surface area contributed by atoms with E-state index in [0.717, 1.165) is 5.56 Å². The number of hydrogen-bond donors (Lipinski definition) is 2. The molecule has 1 aliphatic heterocycles. The highest BCUT2D eigenvalue weighted by atomic mass is 16.4. The smallest absolute Gasteiger partial charge is 0.308 e. The average Bonchev–Trinajstić information content (AvgIpc) is 2.80. The molecule has 5 heteroatoms. The molecule has 3 N–H and O–H groups in total. The lowest BCUT2D eigenvalue weighted by molar-refractivity contribution is -0.142. The van der Waals surface area contributed by atoms with Gasteiger partial charge in [0.05, 0.1) is 5.92 Å². The molecule has 1 amide bonds. The number of likely N-dealkylation sites (tertiary alicyclic amines) is 1. The lowest BCUT2D eigenvalue weighted by Gasteiger charge is -2.15. The zero-order valence-corrected chi connectivity index (χ0v) is 11.6. The minimum atomic E-state index is -0.814. The number of aryl methyl sites for hydroxylation is 1. The molecule has 0 saturated carbocycles. The van der Waals surface area contributed by atoms with Gasteiger partial charge in [0.2, 0.25) is 5.91 Å². The molecule has 1 aromatic carbocycles. The Morgan fingerprint density at radius 1 is 1.30 bits per heavy atom. The fourth-order valence-electron chi connectivity index (χ4n) is 2.59. The number of nitrogen functional groups attached to an aromatic ring is 1. The molecular weight excluding hydrogens is 256 g/mol. The fraction of sp³-hybridized carbons (Fsp3) is 0.467. The lowest BCUT2D eigenvalue weighted by Crippen LogP contribution is -2.30. The van der Waals surface area contributed by atoms with Gasteiger partial charge in [0.25, 0.3) is 0 Å². The summed E-state index contributed by atoms with van der Waals surface area (Å²) >= 11 is 0. The molecule has 1 fully saturated rings. The number of carbonyl (C=O) groups is 2. The molecule has 108 valence electrons. The van der Waals surface area contributed by atoms with E-state index >= 15 is 0 Å². The van der Waals surface area contributed by atoms with Crippen LogP contribution in [0.4, 0.5) is 5.69 Å². The van der Waals surface area contributed by atoms with Gasteiger partial charge in [-0.15, -0.1) is 0 Å². The SMILES string of the molecule is C[C@@H]1CN(C(=O)CCc2ccc(N)cc2)C[C@H]1C(=O)O. The van der Waals surface area contributed by atoms with Crippen molar-refractivity contribution in [3.05, 3.63) is 29.8 Å². The second-order valence-electron chi connectivity index (χ2n) is 5.46. The Kier molecular flexibility index (Phi) is 4.27. The molecule has 2 atom stereocenters. The van der Waals surface area contributed by atoms with Crippen molar-refractivity contribution in [2.24, 2.45) is 11.8 Å². The van der Waals surface area contributed by atoms with Gasteiger partial charge in [-0.1, -0.05) is 19.1 Å². The van der Waals surface area contributed by atoms with Crippen LogP contribution in [0.25, 0.3) is 0 Å². The van der Waals surface area contributed by atoms with Crippen LogP contribution in [0.2, 0.25) is 0 Å². The van der Waals surface area contributed by atoms with Crippen molar-refractivity contribution in [3.8, 4) is 0 Å². The summed E-state index contributed by atoms with van der Waals surface area (Å²) in [4.78, 5) is 24.8. The molecule has 0 radical (unpaired) electrons. The molecule has 0 unspecified atom stereocenters. The molecule has 0 aliphatic carbocycles. The van der Waals surface area contributed by atoms with Gasteiger partial charge in [0.1, 0.15) is 0 Å². The number of carbonyl (C=O) groups excluding carboxylic acids is 1. The van der Waals surface area contributed by atoms with Crippen molar-refractivity contribution in [1.82, 2.24) is 4.90 Å². The van der Waals surface area contributed by atoms with Crippen LogP contribution in [0.5, 0.6) is 0 Å². The molecule has 5 nitrogen and oxygen atoms in total. The highest BCUT2D eigenvalue weighted by molar-refractivity contribution is 5.79. The van der Waals surface area contributed by atoms with Gasteiger partial charge < -0.3 is 15.7 Å². The predicted molar refractivity (Wildman–Crippen MR) is 76.0 cm³/mol. The number of anilines is 1. The summed E-state index contributed by atoms with van der Waals surface area (Å²) in [5.74, 6) is -1.20. The molecule has 1 aromatic rings. The first-order valence-corrected chi connectivity index (χ1v) is 6.82. The van der Waals surface area contributed by atoms with Crippen LogP contribution in [0.1, 0.15) is 18.9 Å². The van der Waals surface area contributed by atoms with Crippen molar-refractivity contribution >= 4 is 17.6 Å². The first-order valence-electron chi connectivity index (χ1n) is 6.82. The fourth-order valence-corrected chi connectivity index (χ4v) is 2.59. The van der Waals surface area contributed by atoms with E-state index in [4.69, 9.17) is 10.8 Å². The quantitative estimate of drug-likeness (QED) is 0.814. The maximum atomic E-state index is 12.1. The molecule has 1 saturated heterocycles. The van der Waals surface area contributed by atoms with E-state index in [1.807, 2.05) is 31.2 Å². The highest BCUT2D eigenvalue weighted by Gasteiger charge is 2.36. The number of hydrogen-bond acceptors (Lipinski definition) is 3. The normalized spacial score (nSPS) is 21.9. The maximum Gasteiger partial charge on any atom is 0.308 e. The number of nitrogens with two attached hydrogens (primary N) is 1. The lowest BCUT2D eigenvalue weighted by atomic mass is 9.99. The van der Waals surface area contributed by atoms with E-state index in [1.54, 1.807) is 4.90 Å². The monoisotopic (exact) mass is 276 g/mol. The Balaban J connectivity index is 1.87. The Morgan fingerprint density at radius 2 is 1.95 bits per heavy atom. The van der Waals surface area contributed by atoms with Gasteiger partial charge in [-0.3, -0.25) is 9.59 Å². The highest BCUT2D eigenvalue weighted by Crippen LogP contribution is 2.24. The predicted octanol–water partition coefficient (Wildman–Crippen LogP) is 1.38. The molecule has 0 spiro atoms. The van der Waals surface area contributed by atoms with Crippen molar-refractivity contribution in [3.63, 3.8) is 0 Å². The largest absolute Gasteiger partial charge is 0.481 e. The summed E-state index contributed by atoms with van der Waals surface area (Å²) in [6, 6.07) is 7.46. The van der Waals surface area contributed by atoms with Crippen LogP contribution in [0.3, 0.4) is 0 Å². The molecular formula is C15H20N2O3. The topological polar surface area (TPSA) is 83.6 Å². The molecule has 0 aromatic heterocycles. The Morgan fingerprint density at radius 3 is 2.50 bits per heavy atom. The van der Waals surface area contributed by atoms with E-state index in [2.05, 4.69) is 0 Å². The van der Waals surface area contributed by atoms with Gasteiger partial charge in [-0.2, -0.15) is 0 Å². The van der Waals surface area contributed by atoms with E-state index < -0.39 is 11.9 Å². The molecule has 20 heavy (non-hydrogen) atoms. The molecule has 2 rings (SSSR count). The molecule has 0 bridgehead atoms. The Hall–Kier alpha value is -2.04. The minimum Gasteiger partial charge on any atom is -0.481 e. The number of benzene rings is 1. The van der Waals surface area contributed by atoms with E-state index in [-0.39, 0.29) is 11.8 Å². The van der Waals surface area contributed by atoms with Gasteiger partial charge in [-0.25, -0.2) is 0 Å². The first-order chi connectivity index (χ1) is 9.47. The van der Waals surface area contributed by atoms with Gasteiger partial charge in [0.15, 0.2) is 0 Å². The van der Waals surface area contributed by atoms with Crippen molar-refractivity contribution in [2.45, 2.75) is 19.8 Å². The number of aliphatic carboxylic acids is 1. The average molecular weight is 276 g/mol. The van der Waals surface area contributed by atoms with Gasteiger partial charge >= 0.3 is 5.97 Å². The van der Waals surface area contributed by atoms with Crippen molar-refractivity contribution in [1.29, 1.82) is 0 Å². The van der Waals surface area contributed by atoms with E-state index in [9.17, 15) is 9.59 Å². The second kappa shape index (κ2) is 5.94. The molecule has 1 aliphatic rings. The number of rotatable bonds is 4. The third-order valence-electron chi connectivity index (χ3n) is 3.89. The van der Waals surface area contributed by atoms with Gasteiger partial charge in [-0.05, 0) is 30.0 Å². The zero-order valence-electron chi connectivity index (χ0n) is 11.6. The maximum absolute atomic E-state index is 12.1. The molecule has 1 heterocycles. The van der Waals surface area contributed by atoms with Crippen LogP contribution in [-0.2, 0) is 16.0 Å². The third-order valence-corrected chi connectivity index (χ3v) is 3.89. The van der Waals surface area contributed by atoms with E-state index in [1.165, 1.54) is 0 Å². The standard InChI is InChI=1S/C15H20N2O3/c1-10-8-17(9-13(10)15(19)20)14(18)7-4-11-2-5-12(16)6-3-11/h2-3,5-6,10,13H,4,7-9,16H2,1H3,(H,19,20)/t10-,13-/m1/s1.